The zero-order chi connectivity index (χ0) is 20.5. The second-order valence-electron chi connectivity index (χ2n) is 6.81. The van der Waals surface area contributed by atoms with Crippen LogP contribution in [0.1, 0.15) is 11.1 Å². The van der Waals surface area contributed by atoms with E-state index in [9.17, 15) is 4.79 Å². The van der Waals surface area contributed by atoms with Gasteiger partial charge in [-0.3, -0.25) is 4.79 Å². The largest absolute Gasteiger partial charge is 0.454 e. The predicted molar refractivity (Wildman–Crippen MR) is 118 cm³/mol. The highest BCUT2D eigenvalue weighted by Gasteiger charge is 2.13. The predicted octanol–water partition coefficient (Wildman–Crippen LogP) is 5.05. The van der Waals surface area contributed by atoms with Gasteiger partial charge in [-0.1, -0.05) is 29.5 Å². The molecule has 4 aromatic rings. The Labute approximate surface area is 176 Å². The molecule has 1 N–H and O–H groups in total. The zero-order valence-corrected chi connectivity index (χ0v) is 16.9. The van der Waals surface area contributed by atoms with Crippen molar-refractivity contribution in [1.82, 2.24) is 9.97 Å². The minimum Gasteiger partial charge on any atom is -0.454 e. The second kappa shape index (κ2) is 7.61. The molecule has 0 atom stereocenters. The molecule has 1 aliphatic rings. The molecule has 2 aromatic carbocycles. The highest BCUT2D eigenvalue weighted by atomic mass is 32.1. The number of rotatable bonds is 4. The number of hydrogen-bond acceptors (Lipinski definition) is 6. The number of thiazole rings is 1. The Morgan fingerprint density at radius 2 is 2.03 bits per heavy atom. The van der Waals surface area contributed by atoms with Gasteiger partial charge in [0, 0.05) is 23.5 Å². The molecule has 0 radical (unpaired) electrons. The third kappa shape index (κ3) is 3.62. The van der Waals surface area contributed by atoms with Crippen molar-refractivity contribution in [3.63, 3.8) is 0 Å². The van der Waals surface area contributed by atoms with Gasteiger partial charge in [0.25, 0.3) is 0 Å². The third-order valence-electron chi connectivity index (χ3n) is 4.73. The number of ether oxygens (including phenoxy) is 2. The van der Waals surface area contributed by atoms with Gasteiger partial charge in [-0.15, -0.1) is 0 Å². The molecular formula is C23H17N3O3S. The molecule has 7 heteroatoms. The van der Waals surface area contributed by atoms with E-state index < -0.39 is 0 Å². The Hall–Kier alpha value is -3.71. The average Bonchev–Trinajstić information content (AvgIpc) is 3.40. The number of aromatic nitrogens is 2. The summed E-state index contributed by atoms with van der Waals surface area (Å²) >= 11 is 1.53. The number of carbonyl (C=O) groups excluding carboxylic acids is 1. The minimum absolute atomic E-state index is 0.209. The van der Waals surface area contributed by atoms with Crippen molar-refractivity contribution < 1.29 is 14.3 Å². The van der Waals surface area contributed by atoms with Crippen LogP contribution in [0.3, 0.4) is 0 Å². The standard InChI is InChI=1S/C23H17N3O3S/c1-14-4-7-16(22-26-17-3-2-10-24-23(17)30-22)12-18(14)25-21(27)9-6-15-5-8-19-20(11-15)29-13-28-19/h2-12H,13H2,1H3,(H,25,27)/b9-6+. The number of carbonyl (C=O) groups is 1. The molecule has 3 heterocycles. The van der Waals surface area contributed by atoms with Crippen LogP contribution in [0.4, 0.5) is 5.69 Å². The van der Waals surface area contributed by atoms with Crippen molar-refractivity contribution in [2.75, 3.05) is 12.1 Å². The zero-order valence-electron chi connectivity index (χ0n) is 16.1. The first-order valence-corrected chi connectivity index (χ1v) is 10.2. The fourth-order valence-corrected chi connectivity index (χ4v) is 4.05. The number of benzene rings is 2. The molecule has 0 spiro atoms. The first-order valence-electron chi connectivity index (χ1n) is 9.37. The average molecular weight is 415 g/mol. The maximum Gasteiger partial charge on any atom is 0.248 e. The maximum atomic E-state index is 12.5. The Morgan fingerprint density at radius 1 is 1.13 bits per heavy atom. The number of anilines is 1. The number of nitrogens with one attached hydrogen (secondary N) is 1. The van der Waals surface area contributed by atoms with E-state index in [2.05, 4.69) is 15.3 Å². The molecule has 6 nitrogen and oxygen atoms in total. The van der Waals surface area contributed by atoms with E-state index >= 15 is 0 Å². The summed E-state index contributed by atoms with van der Waals surface area (Å²) in [7, 11) is 0. The summed E-state index contributed by atoms with van der Waals surface area (Å²) in [4.78, 5) is 22.4. The van der Waals surface area contributed by atoms with Gasteiger partial charge in [-0.25, -0.2) is 9.97 Å². The summed E-state index contributed by atoms with van der Waals surface area (Å²) in [6, 6.07) is 15.3. The lowest BCUT2D eigenvalue weighted by molar-refractivity contribution is -0.111. The maximum absolute atomic E-state index is 12.5. The lowest BCUT2D eigenvalue weighted by atomic mass is 10.1. The van der Waals surface area contributed by atoms with Crippen LogP contribution in [0.2, 0.25) is 0 Å². The number of hydrogen-bond donors (Lipinski definition) is 1. The van der Waals surface area contributed by atoms with Crippen molar-refractivity contribution >= 4 is 39.4 Å². The van der Waals surface area contributed by atoms with E-state index in [-0.39, 0.29) is 12.7 Å². The fourth-order valence-electron chi connectivity index (χ4n) is 3.15. The molecule has 1 amide bonds. The Morgan fingerprint density at radius 3 is 2.93 bits per heavy atom. The quantitative estimate of drug-likeness (QED) is 0.472. The normalized spacial score (nSPS) is 12.6. The molecule has 0 saturated carbocycles. The molecule has 1 aliphatic heterocycles. The molecule has 0 unspecified atom stereocenters. The molecule has 148 valence electrons. The summed E-state index contributed by atoms with van der Waals surface area (Å²) in [5.41, 5.74) is 4.40. The first-order chi connectivity index (χ1) is 14.7. The number of aryl methyl sites for hydroxylation is 1. The van der Waals surface area contributed by atoms with Crippen LogP contribution in [0.25, 0.3) is 27.0 Å². The van der Waals surface area contributed by atoms with Crippen LogP contribution in [0, 0.1) is 6.92 Å². The summed E-state index contributed by atoms with van der Waals surface area (Å²) < 4.78 is 10.7. The lowest BCUT2D eigenvalue weighted by Gasteiger charge is -2.08. The van der Waals surface area contributed by atoms with Gasteiger partial charge in [0.2, 0.25) is 12.7 Å². The lowest BCUT2D eigenvalue weighted by Crippen LogP contribution is -2.09. The van der Waals surface area contributed by atoms with Crippen molar-refractivity contribution in [2.45, 2.75) is 6.92 Å². The summed E-state index contributed by atoms with van der Waals surface area (Å²) in [5.74, 6) is 1.19. The number of amides is 1. The Bertz CT molecular complexity index is 1260. The third-order valence-corrected chi connectivity index (χ3v) is 5.76. The fraction of sp³-hybridized carbons (Fsp3) is 0.0870. The SMILES string of the molecule is Cc1ccc(-c2nc3cccnc3s2)cc1NC(=O)/C=C/c1ccc2c(c1)OCO2. The van der Waals surface area contributed by atoms with Crippen molar-refractivity contribution in [2.24, 2.45) is 0 Å². The van der Waals surface area contributed by atoms with Crippen molar-refractivity contribution in [3.05, 3.63) is 71.9 Å². The van der Waals surface area contributed by atoms with Gasteiger partial charge in [0.1, 0.15) is 15.4 Å². The van der Waals surface area contributed by atoms with Gasteiger partial charge in [-0.2, -0.15) is 0 Å². The second-order valence-corrected chi connectivity index (χ2v) is 7.79. The molecule has 2 aromatic heterocycles. The van der Waals surface area contributed by atoms with E-state index in [1.54, 1.807) is 12.3 Å². The monoisotopic (exact) mass is 415 g/mol. The van der Waals surface area contributed by atoms with Crippen LogP contribution in [0.15, 0.2) is 60.8 Å². The van der Waals surface area contributed by atoms with E-state index in [1.165, 1.54) is 17.4 Å². The van der Waals surface area contributed by atoms with Gasteiger partial charge >= 0.3 is 0 Å². The molecule has 0 aliphatic carbocycles. The number of fused-ring (bicyclic) bond motifs is 2. The molecule has 0 saturated heterocycles. The van der Waals surface area contributed by atoms with E-state index in [4.69, 9.17) is 9.47 Å². The first kappa shape index (κ1) is 18.3. The molecular weight excluding hydrogens is 398 g/mol. The van der Waals surface area contributed by atoms with Gasteiger partial charge in [0.05, 0.1) is 0 Å². The number of nitrogens with zero attached hydrogens (tertiary/aromatic N) is 2. The Kier molecular flexibility index (Phi) is 4.65. The molecule has 0 bridgehead atoms. The van der Waals surface area contributed by atoms with Gasteiger partial charge < -0.3 is 14.8 Å². The molecule has 30 heavy (non-hydrogen) atoms. The van der Waals surface area contributed by atoms with Crippen LogP contribution >= 0.6 is 11.3 Å². The van der Waals surface area contributed by atoms with Crippen molar-refractivity contribution in [3.8, 4) is 22.1 Å². The smallest absolute Gasteiger partial charge is 0.248 e. The topological polar surface area (TPSA) is 73.3 Å². The number of pyridine rings is 1. The summed E-state index contributed by atoms with van der Waals surface area (Å²) in [5, 5.41) is 3.83. The van der Waals surface area contributed by atoms with Crippen LogP contribution in [-0.2, 0) is 4.79 Å². The van der Waals surface area contributed by atoms with E-state index in [0.717, 1.165) is 37.7 Å². The van der Waals surface area contributed by atoms with Crippen LogP contribution in [-0.4, -0.2) is 22.7 Å². The van der Waals surface area contributed by atoms with Crippen LogP contribution in [0.5, 0.6) is 11.5 Å². The van der Waals surface area contributed by atoms with Gasteiger partial charge in [0.15, 0.2) is 11.5 Å². The summed E-state index contributed by atoms with van der Waals surface area (Å²) in [6.45, 7) is 2.18. The van der Waals surface area contributed by atoms with Crippen LogP contribution < -0.4 is 14.8 Å². The van der Waals surface area contributed by atoms with Gasteiger partial charge in [-0.05, 0) is 54.5 Å². The highest BCUT2D eigenvalue weighted by Crippen LogP contribution is 2.33. The summed E-state index contributed by atoms with van der Waals surface area (Å²) in [6.07, 6.45) is 5.01. The Balaban J connectivity index is 1.35. The highest BCUT2D eigenvalue weighted by molar-refractivity contribution is 7.21. The van der Waals surface area contributed by atoms with Crippen molar-refractivity contribution in [1.29, 1.82) is 0 Å². The minimum atomic E-state index is -0.209. The van der Waals surface area contributed by atoms with E-state index in [1.807, 2.05) is 55.5 Å². The van der Waals surface area contributed by atoms with E-state index in [0.29, 0.717) is 11.5 Å². The molecule has 5 rings (SSSR count). The molecule has 0 fully saturated rings.